The van der Waals surface area contributed by atoms with E-state index in [4.69, 9.17) is 9.47 Å². The summed E-state index contributed by atoms with van der Waals surface area (Å²) in [6.45, 7) is 4.61. The maximum atomic E-state index is 12.4. The maximum absolute atomic E-state index is 12.4. The molecule has 10 heteroatoms. The Balaban J connectivity index is 1.99. The number of non-ortho nitro benzene ring substituents is 1. The average molecular weight is 429 g/mol. The van der Waals surface area contributed by atoms with Gasteiger partial charge in [-0.1, -0.05) is 17.7 Å². The van der Waals surface area contributed by atoms with E-state index >= 15 is 0 Å². The van der Waals surface area contributed by atoms with Gasteiger partial charge >= 0.3 is 5.97 Å². The predicted octanol–water partition coefficient (Wildman–Crippen LogP) is 2.60. The first kappa shape index (κ1) is 23.3. The van der Waals surface area contributed by atoms with Crippen molar-refractivity contribution < 1.29 is 28.8 Å². The molecule has 0 saturated carbocycles. The molecule has 0 aromatic heterocycles. The first-order valence-electron chi connectivity index (χ1n) is 9.33. The van der Waals surface area contributed by atoms with Crippen LogP contribution in [0.5, 0.6) is 5.75 Å². The quantitative estimate of drug-likeness (QED) is 0.374. The van der Waals surface area contributed by atoms with Crippen LogP contribution in [0.4, 0.5) is 11.4 Å². The third-order valence-electron chi connectivity index (χ3n) is 4.30. The van der Waals surface area contributed by atoms with Crippen LogP contribution in [0.1, 0.15) is 29.8 Å². The van der Waals surface area contributed by atoms with E-state index in [1.165, 1.54) is 33.1 Å². The van der Waals surface area contributed by atoms with Crippen LogP contribution >= 0.6 is 0 Å². The number of hydrogen-bond donors (Lipinski definition) is 2. The smallest absolute Gasteiger partial charge is 0.329 e. The molecule has 2 rings (SSSR count). The number of carbonyl (C=O) groups excluding carboxylic acids is 3. The lowest BCUT2D eigenvalue weighted by atomic mass is 10.1. The number of ether oxygens (including phenoxy) is 2. The zero-order chi connectivity index (χ0) is 23.1. The summed E-state index contributed by atoms with van der Waals surface area (Å²) in [7, 11) is 1.35. The lowest BCUT2D eigenvalue weighted by Gasteiger charge is -2.18. The predicted molar refractivity (Wildman–Crippen MR) is 112 cm³/mol. The monoisotopic (exact) mass is 429 g/mol. The Bertz CT molecular complexity index is 1010. The molecule has 1 unspecified atom stereocenters. The summed E-state index contributed by atoms with van der Waals surface area (Å²) in [5.74, 6) is -1.78. The van der Waals surface area contributed by atoms with Gasteiger partial charge in [-0.25, -0.2) is 4.79 Å². The summed E-state index contributed by atoms with van der Waals surface area (Å²) in [4.78, 5) is 47.3. The molecule has 0 bridgehead atoms. The summed E-state index contributed by atoms with van der Waals surface area (Å²) in [6, 6.07) is 9.56. The zero-order valence-electron chi connectivity index (χ0n) is 17.5. The van der Waals surface area contributed by atoms with E-state index in [2.05, 4.69) is 10.6 Å². The third-order valence-corrected chi connectivity index (χ3v) is 4.30. The fraction of sp³-hybridized carbons (Fsp3) is 0.286. The van der Waals surface area contributed by atoms with Gasteiger partial charge in [-0.2, -0.15) is 0 Å². The van der Waals surface area contributed by atoms with Crippen LogP contribution in [0.15, 0.2) is 42.5 Å². The van der Waals surface area contributed by atoms with E-state index in [1.807, 2.05) is 13.0 Å². The number of nitrogens with zero attached hydrogens (tertiary/aromatic N) is 1. The highest BCUT2D eigenvalue weighted by atomic mass is 16.6. The van der Waals surface area contributed by atoms with Gasteiger partial charge in [0.15, 0.2) is 6.10 Å². The lowest BCUT2D eigenvalue weighted by molar-refractivity contribution is -0.384. The SMILES string of the molecule is COc1ccc([N+](=O)[O-])cc1NC(=O)C(C)OC(=O)[C@H](C)NC(=O)c1cccc(C)c1. The van der Waals surface area contributed by atoms with Crippen molar-refractivity contribution in [3.63, 3.8) is 0 Å². The second kappa shape index (κ2) is 10.2. The molecule has 31 heavy (non-hydrogen) atoms. The Morgan fingerprint density at radius 3 is 2.42 bits per heavy atom. The molecule has 0 heterocycles. The summed E-state index contributed by atoms with van der Waals surface area (Å²) < 4.78 is 10.2. The molecule has 0 radical (unpaired) electrons. The fourth-order valence-electron chi connectivity index (χ4n) is 2.60. The van der Waals surface area contributed by atoms with Gasteiger partial charge in [0.2, 0.25) is 0 Å². The highest BCUT2D eigenvalue weighted by molar-refractivity contribution is 5.98. The van der Waals surface area contributed by atoms with Crippen LogP contribution in [0.25, 0.3) is 0 Å². The summed E-state index contributed by atoms with van der Waals surface area (Å²) in [6.07, 6.45) is -1.23. The summed E-state index contributed by atoms with van der Waals surface area (Å²) in [5.41, 5.74) is 1.10. The first-order valence-corrected chi connectivity index (χ1v) is 9.33. The normalized spacial score (nSPS) is 12.3. The molecule has 0 saturated heterocycles. The van der Waals surface area contributed by atoms with Crippen molar-refractivity contribution in [2.45, 2.75) is 32.9 Å². The lowest BCUT2D eigenvalue weighted by Crippen LogP contribution is -2.42. The highest BCUT2D eigenvalue weighted by Gasteiger charge is 2.25. The van der Waals surface area contributed by atoms with Crippen LogP contribution < -0.4 is 15.4 Å². The Morgan fingerprint density at radius 1 is 1.10 bits per heavy atom. The number of hydrogen-bond acceptors (Lipinski definition) is 7. The number of methoxy groups -OCH3 is 1. The van der Waals surface area contributed by atoms with E-state index in [-0.39, 0.29) is 17.1 Å². The summed E-state index contributed by atoms with van der Waals surface area (Å²) >= 11 is 0. The van der Waals surface area contributed by atoms with Gasteiger partial charge in [0.05, 0.1) is 17.7 Å². The molecule has 0 aliphatic rings. The molecule has 2 atom stereocenters. The molecule has 10 nitrogen and oxygen atoms in total. The molecule has 2 amide bonds. The molecule has 2 N–H and O–H groups in total. The van der Waals surface area contributed by atoms with Crippen LogP contribution in [-0.4, -0.2) is 42.0 Å². The minimum Gasteiger partial charge on any atom is -0.495 e. The fourth-order valence-corrected chi connectivity index (χ4v) is 2.60. The van der Waals surface area contributed by atoms with Gasteiger partial charge in [-0.3, -0.25) is 19.7 Å². The van der Waals surface area contributed by atoms with Crippen molar-refractivity contribution in [3.05, 3.63) is 63.7 Å². The van der Waals surface area contributed by atoms with E-state index < -0.39 is 34.9 Å². The van der Waals surface area contributed by atoms with Crippen molar-refractivity contribution in [1.82, 2.24) is 5.32 Å². The van der Waals surface area contributed by atoms with E-state index in [1.54, 1.807) is 18.2 Å². The molecule has 2 aromatic carbocycles. The van der Waals surface area contributed by atoms with E-state index in [9.17, 15) is 24.5 Å². The van der Waals surface area contributed by atoms with Gasteiger partial charge in [-0.05, 0) is 39.0 Å². The van der Waals surface area contributed by atoms with Gasteiger partial charge in [0.25, 0.3) is 17.5 Å². The molecular formula is C21H23N3O7. The highest BCUT2D eigenvalue weighted by Crippen LogP contribution is 2.29. The van der Waals surface area contributed by atoms with Crippen molar-refractivity contribution >= 4 is 29.2 Å². The van der Waals surface area contributed by atoms with Crippen molar-refractivity contribution in [3.8, 4) is 5.75 Å². The minimum atomic E-state index is -1.23. The molecule has 0 aliphatic heterocycles. The molecule has 0 spiro atoms. The number of nitro groups is 1. The van der Waals surface area contributed by atoms with Crippen molar-refractivity contribution in [2.75, 3.05) is 12.4 Å². The second-order valence-electron chi connectivity index (χ2n) is 6.77. The Kier molecular flexibility index (Phi) is 7.67. The summed E-state index contributed by atoms with van der Waals surface area (Å²) in [5, 5.41) is 15.9. The topological polar surface area (TPSA) is 137 Å². The number of nitrogens with one attached hydrogen (secondary N) is 2. The second-order valence-corrected chi connectivity index (χ2v) is 6.77. The number of anilines is 1. The Morgan fingerprint density at radius 2 is 1.81 bits per heavy atom. The largest absolute Gasteiger partial charge is 0.495 e. The molecular weight excluding hydrogens is 406 g/mol. The average Bonchev–Trinajstić information content (AvgIpc) is 2.73. The van der Waals surface area contributed by atoms with Crippen molar-refractivity contribution in [1.29, 1.82) is 0 Å². The maximum Gasteiger partial charge on any atom is 0.329 e. The number of esters is 1. The first-order chi connectivity index (χ1) is 14.6. The van der Waals surface area contributed by atoms with E-state index in [0.717, 1.165) is 11.6 Å². The van der Waals surface area contributed by atoms with Crippen LogP contribution in [0.3, 0.4) is 0 Å². The number of carbonyl (C=O) groups is 3. The van der Waals surface area contributed by atoms with Crippen LogP contribution in [0.2, 0.25) is 0 Å². The van der Waals surface area contributed by atoms with Gasteiger partial charge in [0.1, 0.15) is 11.8 Å². The number of benzene rings is 2. The number of amides is 2. The minimum absolute atomic E-state index is 0.0606. The zero-order valence-corrected chi connectivity index (χ0v) is 17.5. The Labute approximate surface area is 178 Å². The third kappa shape index (κ3) is 6.26. The molecule has 2 aromatic rings. The standard InChI is InChI=1S/C21H23N3O7/c1-12-6-5-7-15(10-12)20(26)22-13(2)21(27)31-14(3)19(25)23-17-11-16(24(28)29)8-9-18(17)30-4/h5-11,13-14H,1-4H3,(H,22,26)(H,23,25)/t13-,14?/m0/s1. The van der Waals surface area contributed by atoms with Gasteiger partial charge in [-0.15, -0.1) is 0 Å². The molecule has 0 fully saturated rings. The number of aryl methyl sites for hydroxylation is 1. The molecule has 164 valence electrons. The van der Waals surface area contributed by atoms with Crippen LogP contribution in [-0.2, 0) is 14.3 Å². The van der Waals surface area contributed by atoms with Crippen molar-refractivity contribution in [2.24, 2.45) is 0 Å². The van der Waals surface area contributed by atoms with E-state index in [0.29, 0.717) is 5.56 Å². The Hall–Kier alpha value is -3.95. The van der Waals surface area contributed by atoms with Crippen LogP contribution in [0, 0.1) is 17.0 Å². The number of rotatable bonds is 8. The van der Waals surface area contributed by atoms with Gasteiger partial charge in [0, 0.05) is 17.7 Å². The number of nitro benzene ring substituents is 1. The van der Waals surface area contributed by atoms with Gasteiger partial charge < -0.3 is 20.1 Å². The molecule has 0 aliphatic carbocycles.